The van der Waals surface area contributed by atoms with E-state index in [-0.39, 0.29) is 5.41 Å². The van der Waals surface area contributed by atoms with Gasteiger partial charge in [0, 0.05) is 0 Å². The van der Waals surface area contributed by atoms with Crippen LogP contribution in [0.4, 0.5) is 0 Å². The van der Waals surface area contributed by atoms with Crippen molar-refractivity contribution >= 4 is 10.8 Å². The molecule has 106 valence electrons. The van der Waals surface area contributed by atoms with E-state index in [1.54, 1.807) is 0 Å². The first kappa shape index (κ1) is 13.9. The van der Waals surface area contributed by atoms with Crippen LogP contribution in [0.2, 0.25) is 0 Å². The standard InChI is InChI=1S/C21H22/c1-15-10-12-18-17(14-15)11-13-19(21(2,3)4)20(18)16-8-6-5-7-9-16/h5-14H,1-4H3. The SMILES string of the molecule is Cc1ccc2c(-c3ccccc3)c(C(C)(C)C)ccc2c1. The molecule has 0 amide bonds. The molecule has 3 aromatic carbocycles. The van der Waals surface area contributed by atoms with Gasteiger partial charge in [-0.1, -0.05) is 87.0 Å². The predicted octanol–water partition coefficient (Wildman–Crippen LogP) is 6.11. The molecule has 0 heterocycles. The number of hydrogen-bond acceptors (Lipinski definition) is 0. The van der Waals surface area contributed by atoms with Crippen molar-refractivity contribution in [3.05, 3.63) is 71.8 Å². The highest BCUT2D eigenvalue weighted by molar-refractivity contribution is 5.99. The fourth-order valence-electron chi connectivity index (χ4n) is 2.99. The van der Waals surface area contributed by atoms with Crippen LogP contribution in [0.1, 0.15) is 31.9 Å². The fraction of sp³-hybridized carbons (Fsp3) is 0.238. The number of aryl methyl sites for hydroxylation is 1. The van der Waals surface area contributed by atoms with Crippen molar-refractivity contribution in [3.63, 3.8) is 0 Å². The van der Waals surface area contributed by atoms with Crippen molar-refractivity contribution in [3.8, 4) is 11.1 Å². The van der Waals surface area contributed by atoms with E-state index < -0.39 is 0 Å². The van der Waals surface area contributed by atoms with Crippen molar-refractivity contribution in [2.24, 2.45) is 0 Å². The van der Waals surface area contributed by atoms with E-state index in [0.717, 1.165) is 0 Å². The van der Waals surface area contributed by atoms with E-state index in [4.69, 9.17) is 0 Å². The summed E-state index contributed by atoms with van der Waals surface area (Å²) in [6.45, 7) is 9.01. The second-order valence-electron chi connectivity index (χ2n) is 6.83. The molecule has 21 heavy (non-hydrogen) atoms. The summed E-state index contributed by atoms with van der Waals surface area (Å²) < 4.78 is 0. The van der Waals surface area contributed by atoms with Crippen molar-refractivity contribution in [2.75, 3.05) is 0 Å². The van der Waals surface area contributed by atoms with Gasteiger partial charge < -0.3 is 0 Å². The molecule has 0 fully saturated rings. The third-order valence-corrected chi connectivity index (χ3v) is 4.05. The quantitative estimate of drug-likeness (QED) is 0.502. The van der Waals surface area contributed by atoms with Crippen LogP contribution in [0.25, 0.3) is 21.9 Å². The molecular formula is C21H22. The Morgan fingerprint density at radius 2 is 1.48 bits per heavy atom. The molecule has 0 spiro atoms. The third kappa shape index (κ3) is 2.58. The maximum Gasteiger partial charge on any atom is -0.00680 e. The largest absolute Gasteiger partial charge is 0.0622 e. The molecule has 0 heteroatoms. The van der Waals surface area contributed by atoms with Crippen LogP contribution in [0.5, 0.6) is 0 Å². The third-order valence-electron chi connectivity index (χ3n) is 4.05. The molecule has 0 unspecified atom stereocenters. The maximum absolute atomic E-state index is 2.30. The normalized spacial score (nSPS) is 11.8. The van der Waals surface area contributed by atoms with Gasteiger partial charge in [-0.15, -0.1) is 0 Å². The summed E-state index contributed by atoms with van der Waals surface area (Å²) in [5.41, 5.74) is 5.53. The monoisotopic (exact) mass is 274 g/mol. The lowest BCUT2D eigenvalue weighted by Crippen LogP contribution is -2.13. The highest BCUT2D eigenvalue weighted by atomic mass is 14.2. The molecule has 0 nitrogen and oxygen atoms in total. The highest BCUT2D eigenvalue weighted by Crippen LogP contribution is 2.38. The van der Waals surface area contributed by atoms with Crippen LogP contribution in [0.3, 0.4) is 0 Å². The van der Waals surface area contributed by atoms with Gasteiger partial charge in [0.15, 0.2) is 0 Å². The van der Waals surface area contributed by atoms with E-state index in [2.05, 4.69) is 88.4 Å². The number of hydrogen-bond donors (Lipinski definition) is 0. The Bertz CT molecular complexity index is 774. The van der Waals surface area contributed by atoms with Crippen LogP contribution >= 0.6 is 0 Å². The first-order chi connectivity index (χ1) is 9.97. The number of benzene rings is 3. The minimum atomic E-state index is 0.129. The molecule has 0 N–H and O–H groups in total. The number of fused-ring (bicyclic) bond motifs is 1. The fourth-order valence-corrected chi connectivity index (χ4v) is 2.99. The van der Waals surface area contributed by atoms with Gasteiger partial charge >= 0.3 is 0 Å². The van der Waals surface area contributed by atoms with Crippen molar-refractivity contribution in [1.82, 2.24) is 0 Å². The molecule has 0 aliphatic rings. The minimum Gasteiger partial charge on any atom is -0.0622 e. The average Bonchev–Trinajstić information content (AvgIpc) is 2.45. The Balaban J connectivity index is 2.41. The lowest BCUT2D eigenvalue weighted by molar-refractivity contribution is 0.593. The Morgan fingerprint density at radius 1 is 0.762 bits per heavy atom. The van der Waals surface area contributed by atoms with Crippen LogP contribution in [0, 0.1) is 6.92 Å². The molecule has 0 aromatic heterocycles. The lowest BCUT2D eigenvalue weighted by Gasteiger charge is -2.25. The molecule has 0 aliphatic carbocycles. The summed E-state index contributed by atoms with van der Waals surface area (Å²) in [6, 6.07) is 22.0. The molecule has 0 saturated heterocycles. The molecular weight excluding hydrogens is 252 g/mol. The van der Waals surface area contributed by atoms with Crippen molar-refractivity contribution < 1.29 is 0 Å². The van der Waals surface area contributed by atoms with Gasteiger partial charge in [-0.25, -0.2) is 0 Å². The molecule has 3 rings (SSSR count). The van der Waals surface area contributed by atoms with Crippen LogP contribution < -0.4 is 0 Å². The van der Waals surface area contributed by atoms with E-state index in [0.29, 0.717) is 0 Å². The predicted molar refractivity (Wildman–Crippen MR) is 92.8 cm³/mol. The molecule has 0 aliphatic heterocycles. The zero-order chi connectivity index (χ0) is 15.0. The van der Waals surface area contributed by atoms with Gasteiger partial charge in [0.25, 0.3) is 0 Å². The average molecular weight is 274 g/mol. The Kier molecular flexibility index (Phi) is 3.33. The zero-order valence-electron chi connectivity index (χ0n) is 13.3. The van der Waals surface area contributed by atoms with Gasteiger partial charge in [0.1, 0.15) is 0 Å². The van der Waals surface area contributed by atoms with Crippen molar-refractivity contribution in [2.45, 2.75) is 33.1 Å². The zero-order valence-corrected chi connectivity index (χ0v) is 13.3. The highest BCUT2D eigenvalue weighted by Gasteiger charge is 2.20. The van der Waals surface area contributed by atoms with Crippen LogP contribution in [-0.2, 0) is 5.41 Å². The summed E-state index contributed by atoms with van der Waals surface area (Å²) in [6.07, 6.45) is 0. The summed E-state index contributed by atoms with van der Waals surface area (Å²) in [7, 11) is 0. The Labute approximate surface area is 127 Å². The van der Waals surface area contributed by atoms with E-state index in [9.17, 15) is 0 Å². The minimum absolute atomic E-state index is 0.129. The molecule has 0 atom stereocenters. The molecule has 0 radical (unpaired) electrons. The van der Waals surface area contributed by atoms with Gasteiger partial charge in [0.2, 0.25) is 0 Å². The van der Waals surface area contributed by atoms with Gasteiger partial charge in [-0.2, -0.15) is 0 Å². The summed E-state index contributed by atoms with van der Waals surface area (Å²) in [4.78, 5) is 0. The smallest absolute Gasteiger partial charge is 0.00680 e. The van der Waals surface area contributed by atoms with E-state index >= 15 is 0 Å². The van der Waals surface area contributed by atoms with Crippen molar-refractivity contribution in [1.29, 1.82) is 0 Å². The maximum atomic E-state index is 2.30. The Hall–Kier alpha value is -2.08. The topological polar surface area (TPSA) is 0 Å². The van der Waals surface area contributed by atoms with Crippen LogP contribution in [-0.4, -0.2) is 0 Å². The van der Waals surface area contributed by atoms with E-state index in [1.165, 1.54) is 33.0 Å². The second kappa shape index (κ2) is 5.04. The van der Waals surface area contributed by atoms with Gasteiger partial charge in [-0.3, -0.25) is 0 Å². The van der Waals surface area contributed by atoms with E-state index in [1.807, 2.05) is 0 Å². The molecule has 0 bridgehead atoms. The van der Waals surface area contributed by atoms with Gasteiger partial charge in [-0.05, 0) is 39.8 Å². The number of rotatable bonds is 1. The second-order valence-corrected chi connectivity index (χ2v) is 6.83. The summed E-state index contributed by atoms with van der Waals surface area (Å²) in [5.74, 6) is 0. The first-order valence-corrected chi connectivity index (χ1v) is 7.56. The first-order valence-electron chi connectivity index (χ1n) is 7.56. The summed E-state index contributed by atoms with van der Waals surface area (Å²) in [5, 5.41) is 2.67. The van der Waals surface area contributed by atoms with Gasteiger partial charge in [0.05, 0.1) is 0 Å². The lowest BCUT2D eigenvalue weighted by atomic mass is 9.79. The Morgan fingerprint density at radius 3 is 2.14 bits per heavy atom. The molecule has 0 saturated carbocycles. The summed E-state index contributed by atoms with van der Waals surface area (Å²) >= 11 is 0. The molecule has 3 aromatic rings. The van der Waals surface area contributed by atoms with Crippen LogP contribution in [0.15, 0.2) is 60.7 Å².